The van der Waals surface area contributed by atoms with Gasteiger partial charge in [0.05, 0.1) is 6.04 Å². The predicted molar refractivity (Wildman–Crippen MR) is 74.3 cm³/mol. The van der Waals surface area contributed by atoms with E-state index in [1.165, 1.54) is 3.57 Å². The Morgan fingerprint density at radius 1 is 1.12 bits per heavy atom. The third-order valence-corrected chi connectivity index (χ3v) is 3.33. The highest BCUT2D eigenvalue weighted by Gasteiger charge is 2.09. The van der Waals surface area contributed by atoms with E-state index in [1.54, 1.807) is 0 Å². The fraction of sp³-hybridized carbons (Fsp3) is 0.231. The molecule has 2 rings (SSSR count). The summed E-state index contributed by atoms with van der Waals surface area (Å²) in [5.74, 6) is 1.89. The van der Waals surface area contributed by atoms with Crippen LogP contribution in [0.1, 0.15) is 18.7 Å². The van der Waals surface area contributed by atoms with Gasteiger partial charge in [0.2, 0.25) is 0 Å². The van der Waals surface area contributed by atoms with Crippen molar-refractivity contribution in [1.29, 1.82) is 0 Å². The van der Waals surface area contributed by atoms with Crippen molar-refractivity contribution < 1.29 is 4.42 Å². The Labute approximate surface area is 109 Å². The van der Waals surface area contributed by atoms with E-state index < -0.39 is 0 Å². The number of halogens is 1. The molecule has 0 amide bonds. The maximum absolute atomic E-state index is 5.80. The summed E-state index contributed by atoms with van der Waals surface area (Å²) >= 11 is 2.30. The van der Waals surface area contributed by atoms with E-state index in [0.29, 0.717) is 0 Å². The lowest BCUT2D eigenvalue weighted by Crippen LogP contribution is -2.10. The van der Waals surface area contributed by atoms with E-state index in [9.17, 15) is 0 Å². The molecule has 1 unspecified atom stereocenters. The van der Waals surface area contributed by atoms with E-state index in [4.69, 9.17) is 4.42 Å². The third-order valence-electron chi connectivity index (χ3n) is 2.62. The van der Waals surface area contributed by atoms with Crippen LogP contribution in [0.15, 0.2) is 40.8 Å². The van der Waals surface area contributed by atoms with Gasteiger partial charge in [-0.3, -0.25) is 0 Å². The van der Waals surface area contributed by atoms with Crippen molar-refractivity contribution in [2.45, 2.75) is 13.0 Å². The molecule has 0 aliphatic carbocycles. The molecular weight excluding hydrogens is 313 g/mol. The molecule has 0 spiro atoms. The van der Waals surface area contributed by atoms with Crippen molar-refractivity contribution in [2.75, 3.05) is 7.05 Å². The Bertz CT molecular complexity index is 461. The molecule has 16 heavy (non-hydrogen) atoms. The molecule has 1 aromatic carbocycles. The first-order chi connectivity index (χ1) is 7.70. The molecule has 1 heterocycles. The molecule has 2 nitrogen and oxygen atoms in total. The minimum Gasteiger partial charge on any atom is -0.459 e. The summed E-state index contributed by atoms with van der Waals surface area (Å²) < 4.78 is 7.03. The molecule has 0 aliphatic heterocycles. The second kappa shape index (κ2) is 5.01. The normalized spacial score (nSPS) is 12.7. The SMILES string of the molecule is CNC(C)c1ccc(-c2ccc(I)cc2)o1. The van der Waals surface area contributed by atoms with Gasteiger partial charge in [-0.2, -0.15) is 0 Å². The minimum absolute atomic E-state index is 0.248. The number of rotatable bonds is 3. The molecule has 1 atom stereocenters. The van der Waals surface area contributed by atoms with Gasteiger partial charge in [0.15, 0.2) is 0 Å². The summed E-state index contributed by atoms with van der Waals surface area (Å²) in [5, 5.41) is 3.16. The molecule has 0 aliphatic rings. The first-order valence-electron chi connectivity index (χ1n) is 5.23. The minimum atomic E-state index is 0.248. The zero-order chi connectivity index (χ0) is 11.5. The number of hydrogen-bond acceptors (Lipinski definition) is 2. The molecule has 0 saturated carbocycles. The summed E-state index contributed by atoms with van der Waals surface area (Å²) in [7, 11) is 1.93. The molecule has 3 heteroatoms. The highest BCUT2D eigenvalue weighted by atomic mass is 127. The quantitative estimate of drug-likeness (QED) is 0.867. The maximum Gasteiger partial charge on any atom is 0.134 e. The highest BCUT2D eigenvalue weighted by Crippen LogP contribution is 2.25. The fourth-order valence-corrected chi connectivity index (χ4v) is 1.86. The summed E-state index contributed by atoms with van der Waals surface area (Å²) in [6.45, 7) is 2.08. The average Bonchev–Trinajstić information content (AvgIpc) is 2.78. The van der Waals surface area contributed by atoms with Gasteiger partial charge in [0, 0.05) is 9.13 Å². The first kappa shape index (κ1) is 11.7. The van der Waals surface area contributed by atoms with Crippen LogP contribution in [-0.2, 0) is 0 Å². The van der Waals surface area contributed by atoms with Gasteiger partial charge in [-0.05, 0) is 60.8 Å². The fourth-order valence-electron chi connectivity index (χ4n) is 1.50. The first-order valence-corrected chi connectivity index (χ1v) is 6.31. The lowest BCUT2D eigenvalue weighted by molar-refractivity contribution is 0.458. The lowest BCUT2D eigenvalue weighted by atomic mass is 10.2. The summed E-state index contributed by atoms with van der Waals surface area (Å²) in [4.78, 5) is 0. The van der Waals surface area contributed by atoms with E-state index in [-0.39, 0.29) is 6.04 Å². The Kier molecular flexibility index (Phi) is 3.66. The smallest absolute Gasteiger partial charge is 0.134 e. The predicted octanol–water partition coefficient (Wildman–Crippen LogP) is 3.83. The Hall–Kier alpha value is -0.810. The topological polar surface area (TPSA) is 25.2 Å². The van der Waals surface area contributed by atoms with E-state index in [2.05, 4.69) is 59.1 Å². The van der Waals surface area contributed by atoms with Crippen molar-refractivity contribution >= 4 is 22.6 Å². The van der Waals surface area contributed by atoms with Crippen molar-refractivity contribution in [3.8, 4) is 11.3 Å². The molecule has 0 radical (unpaired) electrons. The summed E-state index contributed by atoms with van der Waals surface area (Å²) in [5.41, 5.74) is 1.12. The molecule has 0 saturated heterocycles. The Morgan fingerprint density at radius 3 is 2.44 bits per heavy atom. The van der Waals surface area contributed by atoms with Gasteiger partial charge < -0.3 is 9.73 Å². The molecular formula is C13H14INO. The molecule has 0 fully saturated rings. The molecule has 2 aromatic rings. The average molecular weight is 327 g/mol. The van der Waals surface area contributed by atoms with Crippen LogP contribution in [0.2, 0.25) is 0 Å². The van der Waals surface area contributed by atoms with Crippen molar-refractivity contribution in [3.63, 3.8) is 0 Å². The van der Waals surface area contributed by atoms with Gasteiger partial charge in [-0.25, -0.2) is 0 Å². The standard InChI is InChI=1S/C13H14INO/c1-9(15-2)12-7-8-13(16-12)10-3-5-11(14)6-4-10/h3-9,15H,1-2H3. The van der Waals surface area contributed by atoms with Gasteiger partial charge >= 0.3 is 0 Å². The van der Waals surface area contributed by atoms with Crippen LogP contribution in [0.3, 0.4) is 0 Å². The van der Waals surface area contributed by atoms with E-state index >= 15 is 0 Å². The van der Waals surface area contributed by atoms with Crippen LogP contribution in [0, 0.1) is 3.57 Å². The zero-order valence-corrected chi connectivity index (χ0v) is 11.5. The monoisotopic (exact) mass is 327 g/mol. The second-order valence-electron chi connectivity index (χ2n) is 3.72. The highest BCUT2D eigenvalue weighted by molar-refractivity contribution is 14.1. The van der Waals surface area contributed by atoms with Gasteiger partial charge in [-0.1, -0.05) is 12.1 Å². The lowest BCUT2D eigenvalue weighted by Gasteiger charge is -2.05. The number of nitrogens with one attached hydrogen (secondary N) is 1. The van der Waals surface area contributed by atoms with Gasteiger partial charge in [0.25, 0.3) is 0 Å². The van der Waals surface area contributed by atoms with Crippen molar-refractivity contribution in [1.82, 2.24) is 5.32 Å². The van der Waals surface area contributed by atoms with Crippen LogP contribution < -0.4 is 5.32 Å². The van der Waals surface area contributed by atoms with E-state index in [0.717, 1.165) is 17.1 Å². The molecule has 0 bridgehead atoms. The van der Waals surface area contributed by atoms with Crippen LogP contribution in [0.5, 0.6) is 0 Å². The Balaban J connectivity index is 2.28. The van der Waals surface area contributed by atoms with Crippen LogP contribution >= 0.6 is 22.6 Å². The summed E-state index contributed by atoms with van der Waals surface area (Å²) in [6, 6.07) is 12.6. The van der Waals surface area contributed by atoms with Crippen molar-refractivity contribution in [2.24, 2.45) is 0 Å². The number of furan rings is 1. The molecule has 1 N–H and O–H groups in total. The molecule has 1 aromatic heterocycles. The largest absolute Gasteiger partial charge is 0.459 e. The van der Waals surface area contributed by atoms with Crippen LogP contribution in [0.25, 0.3) is 11.3 Å². The van der Waals surface area contributed by atoms with Crippen LogP contribution in [0.4, 0.5) is 0 Å². The number of benzene rings is 1. The number of hydrogen-bond donors (Lipinski definition) is 1. The van der Waals surface area contributed by atoms with Crippen molar-refractivity contribution in [3.05, 3.63) is 45.7 Å². The van der Waals surface area contributed by atoms with E-state index in [1.807, 2.05) is 19.2 Å². The van der Waals surface area contributed by atoms with Gasteiger partial charge in [0.1, 0.15) is 11.5 Å². The Morgan fingerprint density at radius 2 is 1.81 bits per heavy atom. The van der Waals surface area contributed by atoms with Crippen LogP contribution in [-0.4, -0.2) is 7.05 Å². The van der Waals surface area contributed by atoms with Gasteiger partial charge in [-0.15, -0.1) is 0 Å². The second-order valence-corrected chi connectivity index (χ2v) is 4.96. The summed E-state index contributed by atoms with van der Waals surface area (Å²) in [6.07, 6.45) is 0. The maximum atomic E-state index is 5.80. The third kappa shape index (κ3) is 2.47. The zero-order valence-electron chi connectivity index (χ0n) is 9.33. The molecule has 84 valence electrons.